The predicted molar refractivity (Wildman–Crippen MR) is 110 cm³/mol. The van der Waals surface area contributed by atoms with Crippen molar-refractivity contribution in [1.29, 1.82) is 0 Å². The van der Waals surface area contributed by atoms with Crippen molar-refractivity contribution in [3.05, 3.63) is 22.7 Å². The molecule has 1 aromatic rings. The summed E-state index contributed by atoms with van der Waals surface area (Å²) in [5, 5.41) is 4.35. The third kappa shape index (κ3) is 3.71. The molecule has 0 saturated heterocycles. The molecule has 0 spiro atoms. The SMILES string of the molecule is COc1cc(CNC23CC4C[C@@](C)(C2)C[C@](C)(C4)C3)cc(Cl)c1OCC(N)=O. The Kier molecular flexibility index (Phi) is 4.82. The molecule has 4 aliphatic rings. The van der Waals surface area contributed by atoms with Crippen LogP contribution in [0.2, 0.25) is 5.02 Å². The molecular formula is C22H31ClN2O3. The van der Waals surface area contributed by atoms with Gasteiger partial charge in [0.05, 0.1) is 12.1 Å². The molecular weight excluding hydrogens is 376 g/mol. The third-order valence-corrected chi connectivity index (χ3v) is 7.22. The van der Waals surface area contributed by atoms with Crippen molar-refractivity contribution in [2.24, 2.45) is 22.5 Å². The maximum absolute atomic E-state index is 11.0. The fraction of sp³-hybridized carbons (Fsp3) is 0.682. The Morgan fingerprint density at radius 3 is 2.46 bits per heavy atom. The summed E-state index contributed by atoms with van der Waals surface area (Å²) in [5.41, 5.74) is 7.40. The van der Waals surface area contributed by atoms with E-state index < -0.39 is 5.91 Å². The fourth-order valence-corrected chi connectivity index (χ4v) is 7.38. The van der Waals surface area contributed by atoms with Crippen LogP contribution in [0.25, 0.3) is 0 Å². The Balaban J connectivity index is 1.51. The number of ether oxygens (including phenoxy) is 2. The van der Waals surface area contributed by atoms with Crippen LogP contribution in [0.1, 0.15) is 57.9 Å². The molecule has 4 fully saturated rings. The summed E-state index contributed by atoms with van der Waals surface area (Å²) in [7, 11) is 1.57. The van der Waals surface area contributed by atoms with E-state index in [0.29, 0.717) is 27.4 Å². The van der Waals surface area contributed by atoms with Crippen molar-refractivity contribution in [2.45, 2.75) is 64.5 Å². The maximum Gasteiger partial charge on any atom is 0.255 e. The van der Waals surface area contributed by atoms with Gasteiger partial charge in [-0.2, -0.15) is 0 Å². The quantitative estimate of drug-likeness (QED) is 0.716. The van der Waals surface area contributed by atoms with Crippen molar-refractivity contribution < 1.29 is 14.3 Å². The van der Waals surface area contributed by atoms with E-state index in [-0.39, 0.29) is 12.1 Å². The molecule has 1 amide bonds. The van der Waals surface area contributed by atoms with Gasteiger partial charge in [-0.15, -0.1) is 0 Å². The first-order chi connectivity index (χ1) is 13.1. The lowest BCUT2D eigenvalue weighted by Gasteiger charge is -2.65. The summed E-state index contributed by atoms with van der Waals surface area (Å²) in [6.45, 7) is 5.48. The van der Waals surface area contributed by atoms with Gasteiger partial charge < -0.3 is 20.5 Å². The Hall–Kier alpha value is -1.46. The van der Waals surface area contributed by atoms with E-state index in [4.69, 9.17) is 26.8 Å². The lowest BCUT2D eigenvalue weighted by Crippen LogP contribution is -2.63. The largest absolute Gasteiger partial charge is 0.493 e. The summed E-state index contributed by atoms with van der Waals surface area (Å²) < 4.78 is 10.9. The van der Waals surface area contributed by atoms with Gasteiger partial charge >= 0.3 is 0 Å². The van der Waals surface area contributed by atoms with Gasteiger partial charge in [-0.1, -0.05) is 25.4 Å². The minimum absolute atomic E-state index is 0.226. The molecule has 6 heteroatoms. The van der Waals surface area contributed by atoms with Gasteiger partial charge in [0.15, 0.2) is 18.1 Å². The second kappa shape index (κ2) is 6.81. The number of nitrogens with one attached hydrogen (secondary N) is 1. The summed E-state index contributed by atoms with van der Waals surface area (Å²) in [6, 6.07) is 3.82. The van der Waals surface area contributed by atoms with Crippen molar-refractivity contribution in [2.75, 3.05) is 13.7 Å². The average Bonchev–Trinajstić information content (AvgIpc) is 2.55. The number of carbonyl (C=O) groups is 1. The highest BCUT2D eigenvalue weighted by molar-refractivity contribution is 6.32. The van der Waals surface area contributed by atoms with Gasteiger partial charge in [0.25, 0.3) is 5.91 Å². The number of carbonyl (C=O) groups excluding carboxylic acids is 1. The van der Waals surface area contributed by atoms with Crippen LogP contribution < -0.4 is 20.5 Å². The van der Waals surface area contributed by atoms with Gasteiger partial charge in [0, 0.05) is 12.1 Å². The molecule has 5 rings (SSSR count). The third-order valence-electron chi connectivity index (χ3n) is 6.94. The van der Waals surface area contributed by atoms with Crippen molar-refractivity contribution in [3.63, 3.8) is 0 Å². The van der Waals surface area contributed by atoms with Crippen LogP contribution in [-0.2, 0) is 11.3 Å². The zero-order valence-electron chi connectivity index (χ0n) is 17.1. The van der Waals surface area contributed by atoms with Crippen LogP contribution in [0.4, 0.5) is 0 Å². The molecule has 2 unspecified atom stereocenters. The molecule has 1 aromatic carbocycles. The van der Waals surface area contributed by atoms with Crippen LogP contribution in [-0.4, -0.2) is 25.2 Å². The van der Waals surface area contributed by atoms with E-state index in [1.165, 1.54) is 38.5 Å². The van der Waals surface area contributed by atoms with E-state index in [1.807, 2.05) is 12.1 Å². The van der Waals surface area contributed by atoms with Gasteiger partial charge in [-0.25, -0.2) is 0 Å². The molecule has 0 aliphatic heterocycles. The van der Waals surface area contributed by atoms with Crippen LogP contribution in [0, 0.1) is 16.7 Å². The highest BCUT2D eigenvalue weighted by Gasteiger charge is 2.59. The Morgan fingerprint density at radius 2 is 1.89 bits per heavy atom. The minimum Gasteiger partial charge on any atom is -0.493 e. The second-order valence-electron chi connectivity index (χ2n) is 10.1. The number of primary amides is 1. The topological polar surface area (TPSA) is 73.6 Å². The molecule has 28 heavy (non-hydrogen) atoms. The summed E-state index contributed by atoms with van der Waals surface area (Å²) >= 11 is 6.41. The molecule has 4 saturated carbocycles. The highest BCUT2D eigenvalue weighted by Crippen LogP contribution is 2.66. The minimum atomic E-state index is -0.548. The van der Waals surface area contributed by atoms with Crippen molar-refractivity contribution >= 4 is 17.5 Å². The number of rotatable bonds is 7. The monoisotopic (exact) mass is 406 g/mol. The Morgan fingerprint density at radius 1 is 1.21 bits per heavy atom. The zero-order valence-corrected chi connectivity index (χ0v) is 17.8. The molecule has 5 nitrogen and oxygen atoms in total. The fourth-order valence-electron chi connectivity index (χ4n) is 7.09. The Labute approximate surface area is 172 Å². The van der Waals surface area contributed by atoms with E-state index in [1.54, 1.807) is 7.11 Å². The van der Waals surface area contributed by atoms with Crippen LogP contribution in [0.15, 0.2) is 12.1 Å². The highest BCUT2D eigenvalue weighted by atomic mass is 35.5. The number of hydrogen-bond donors (Lipinski definition) is 2. The standard InChI is InChI=1S/C22H31ClN2O3/c1-20-6-15-7-21(2,11-20)13-22(8-15,12-20)25-9-14-4-16(23)19(17(5-14)27-3)28-10-18(24)26/h4-5,15,25H,6-13H2,1-3H3,(H2,24,26)/t15?,20-,21+,22?. The van der Waals surface area contributed by atoms with Crippen molar-refractivity contribution in [3.8, 4) is 11.5 Å². The van der Waals surface area contributed by atoms with Crippen LogP contribution in [0.5, 0.6) is 11.5 Å². The number of amides is 1. The summed E-state index contributed by atoms with van der Waals surface area (Å²) in [5.74, 6) is 1.19. The van der Waals surface area contributed by atoms with Gasteiger partial charge in [0.2, 0.25) is 0 Å². The lowest BCUT2D eigenvalue weighted by molar-refractivity contribution is -0.120. The number of hydrogen-bond acceptors (Lipinski definition) is 4. The molecule has 0 heterocycles. The molecule has 3 N–H and O–H groups in total. The molecule has 0 aromatic heterocycles. The maximum atomic E-state index is 11.0. The van der Waals surface area contributed by atoms with E-state index in [9.17, 15) is 4.79 Å². The summed E-state index contributed by atoms with van der Waals surface area (Å²) in [4.78, 5) is 11.0. The van der Waals surface area contributed by atoms with E-state index in [2.05, 4.69) is 19.2 Å². The number of methoxy groups -OCH3 is 1. The summed E-state index contributed by atoms with van der Waals surface area (Å²) in [6.07, 6.45) is 7.94. The van der Waals surface area contributed by atoms with Gasteiger partial charge in [0.1, 0.15) is 0 Å². The van der Waals surface area contributed by atoms with E-state index in [0.717, 1.165) is 18.0 Å². The molecule has 0 radical (unpaired) electrons. The first-order valence-corrected chi connectivity index (χ1v) is 10.5. The van der Waals surface area contributed by atoms with Crippen LogP contribution >= 0.6 is 11.6 Å². The average molecular weight is 407 g/mol. The molecule has 4 aliphatic carbocycles. The smallest absolute Gasteiger partial charge is 0.255 e. The lowest BCUT2D eigenvalue weighted by atomic mass is 9.43. The normalized spacial score (nSPS) is 35.8. The van der Waals surface area contributed by atoms with Crippen molar-refractivity contribution in [1.82, 2.24) is 5.32 Å². The van der Waals surface area contributed by atoms with Gasteiger partial charge in [-0.05, 0) is 73.0 Å². The van der Waals surface area contributed by atoms with Crippen LogP contribution in [0.3, 0.4) is 0 Å². The first-order valence-electron chi connectivity index (χ1n) is 10.2. The Bertz CT molecular complexity index is 778. The van der Waals surface area contributed by atoms with E-state index >= 15 is 0 Å². The first kappa shape index (κ1) is 19.8. The number of halogens is 1. The zero-order chi connectivity index (χ0) is 20.2. The van der Waals surface area contributed by atoms with Gasteiger partial charge in [-0.3, -0.25) is 4.79 Å². The number of benzene rings is 1. The molecule has 4 atom stereocenters. The number of nitrogens with two attached hydrogens (primary N) is 1. The molecule has 154 valence electrons. The molecule has 4 bridgehead atoms. The predicted octanol–water partition coefficient (Wildman–Crippen LogP) is 4.05. The second-order valence-corrected chi connectivity index (χ2v) is 10.5.